The molecule has 0 aliphatic heterocycles. The van der Waals surface area contributed by atoms with Crippen LogP contribution in [-0.2, 0) is 4.79 Å². The number of rotatable bonds is 6. The van der Waals surface area contributed by atoms with Crippen LogP contribution in [0.1, 0.15) is 18.1 Å². The predicted molar refractivity (Wildman–Crippen MR) is 97.0 cm³/mol. The highest BCUT2D eigenvalue weighted by molar-refractivity contribution is 5.89. The summed E-state index contributed by atoms with van der Waals surface area (Å²) in [5.74, 6) is 0.645. The number of aromatic hydroxyl groups is 1. The van der Waals surface area contributed by atoms with E-state index in [-0.39, 0.29) is 5.75 Å². The topological polar surface area (TPSA) is 65.0 Å². The van der Waals surface area contributed by atoms with Crippen molar-refractivity contribution in [1.29, 1.82) is 0 Å². The van der Waals surface area contributed by atoms with Crippen LogP contribution >= 0.6 is 0 Å². The highest BCUT2D eigenvalue weighted by Crippen LogP contribution is 2.29. The van der Waals surface area contributed by atoms with Crippen molar-refractivity contribution in [1.82, 2.24) is 0 Å². The molecule has 25 heavy (non-hydrogen) atoms. The van der Waals surface area contributed by atoms with Crippen LogP contribution < -0.4 is 14.2 Å². The lowest BCUT2D eigenvalue weighted by molar-refractivity contribution is -0.129. The molecule has 0 radical (unpaired) electrons. The molecule has 0 heterocycles. The Labute approximate surface area is 146 Å². The van der Waals surface area contributed by atoms with E-state index < -0.39 is 5.97 Å². The van der Waals surface area contributed by atoms with Gasteiger partial charge in [-0.05, 0) is 48.4 Å². The minimum atomic E-state index is -0.538. The van der Waals surface area contributed by atoms with Crippen molar-refractivity contribution in [2.24, 2.45) is 0 Å². The van der Waals surface area contributed by atoms with E-state index in [1.54, 1.807) is 30.3 Å². The van der Waals surface area contributed by atoms with Gasteiger partial charge in [0.05, 0.1) is 14.2 Å². The molecule has 0 unspecified atom stereocenters. The number of allylic oxidation sites excluding steroid dienone is 1. The highest BCUT2D eigenvalue weighted by Gasteiger charge is 2.08. The van der Waals surface area contributed by atoms with E-state index >= 15 is 0 Å². The second kappa shape index (κ2) is 8.59. The maximum absolute atomic E-state index is 12.0. The first kappa shape index (κ1) is 18.1. The summed E-state index contributed by atoms with van der Waals surface area (Å²) in [6.45, 7) is 1.92. The number of esters is 1. The van der Waals surface area contributed by atoms with Gasteiger partial charge in [-0.3, -0.25) is 0 Å². The van der Waals surface area contributed by atoms with E-state index in [1.807, 2.05) is 25.1 Å². The van der Waals surface area contributed by atoms with E-state index in [1.165, 1.54) is 26.4 Å². The summed E-state index contributed by atoms with van der Waals surface area (Å²) in [6.07, 6.45) is 6.71. The zero-order valence-corrected chi connectivity index (χ0v) is 14.4. The lowest BCUT2D eigenvalue weighted by atomic mass is 10.2. The van der Waals surface area contributed by atoms with Crippen molar-refractivity contribution in [3.05, 3.63) is 59.7 Å². The molecule has 130 valence electrons. The molecule has 0 amide bonds. The third-order valence-corrected chi connectivity index (χ3v) is 3.37. The number of carbonyl (C=O) groups excluding carboxylic acids is 1. The lowest BCUT2D eigenvalue weighted by Gasteiger charge is -2.08. The van der Waals surface area contributed by atoms with Gasteiger partial charge in [0.15, 0.2) is 23.0 Å². The predicted octanol–water partition coefficient (Wildman–Crippen LogP) is 4.06. The minimum Gasteiger partial charge on any atom is -0.504 e. The molecule has 0 spiro atoms. The minimum absolute atomic E-state index is 0.0354. The molecule has 0 bridgehead atoms. The lowest BCUT2D eigenvalue weighted by Crippen LogP contribution is -2.05. The number of carbonyl (C=O) groups is 1. The highest BCUT2D eigenvalue weighted by atomic mass is 16.6. The number of phenolic OH excluding ortho intramolecular Hbond substituents is 1. The third-order valence-electron chi connectivity index (χ3n) is 3.37. The second-order valence-electron chi connectivity index (χ2n) is 5.10. The van der Waals surface area contributed by atoms with Crippen molar-refractivity contribution in [3.8, 4) is 23.0 Å². The average molecular weight is 340 g/mol. The summed E-state index contributed by atoms with van der Waals surface area (Å²) in [4.78, 5) is 12.0. The molecule has 0 saturated carbocycles. The maximum atomic E-state index is 12.0. The van der Waals surface area contributed by atoms with Gasteiger partial charge in [0.25, 0.3) is 0 Å². The van der Waals surface area contributed by atoms with Crippen molar-refractivity contribution in [2.45, 2.75) is 6.92 Å². The number of ether oxygens (including phenoxy) is 3. The number of benzene rings is 2. The van der Waals surface area contributed by atoms with Crippen molar-refractivity contribution in [2.75, 3.05) is 14.2 Å². The molecule has 5 nitrogen and oxygen atoms in total. The summed E-state index contributed by atoms with van der Waals surface area (Å²) < 4.78 is 15.6. The fraction of sp³-hybridized carbons (Fsp3) is 0.150. The molecule has 0 atom stereocenters. The molecule has 1 N–H and O–H groups in total. The zero-order chi connectivity index (χ0) is 18.2. The van der Waals surface area contributed by atoms with Crippen LogP contribution in [-0.4, -0.2) is 25.3 Å². The van der Waals surface area contributed by atoms with Crippen LogP contribution in [0.3, 0.4) is 0 Å². The monoisotopic (exact) mass is 340 g/mol. The van der Waals surface area contributed by atoms with Crippen LogP contribution in [0, 0.1) is 0 Å². The molecule has 2 rings (SSSR count). The summed E-state index contributed by atoms with van der Waals surface area (Å²) in [7, 11) is 2.98. The van der Waals surface area contributed by atoms with Crippen LogP contribution in [0.4, 0.5) is 0 Å². The van der Waals surface area contributed by atoms with Crippen LogP contribution in [0.25, 0.3) is 12.2 Å². The standard InChI is InChI=1S/C20H20O5/c1-4-5-14-7-10-17(19(13-14)24-3)25-20(22)11-8-15-6-9-16(21)18(12-15)23-2/h4-13,21H,1-3H3/b5-4+,11-8?. The van der Waals surface area contributed by atoms with Crippen LogP contribution in [0.2, 0.25) is 0 Å². The fourth-order valence-electron chi connectivity index (χ4n) is 2.17. The molecule has 2 aromatic carbocycles. The normalized spacial score (nSPS) is 11.0. The summed E-state index contributed by atoms with van der Waals surface area (Å²) in [6, 6.07) is 10.1. The molecule has 0 aliphatic carbocycles. The molecular formula is C20H20O5. The number of phenols is 1. The van der Waals surface area contributed by atoms with E-state index in [0.29, 0.717) is 22.8 Å². The molecule has 0 aliphatic rings. The first-order chi connectivity index (χ1) is 12.1. The van der Waals surface area contributed by atoms with E-state index in [0.717, 1.165) is 5.56 Å². The third kappa shape index (κ3) is 4.88. The first-order valence-electron chi connectivity index (χ1n) is 7.65. The Hall–Kier alpha value is -3.21. The Morgan fingerprint density at radius 2 is 1.56 bits per heavy atom. The molecule has 2 aromatic rings. The van der Waals surface area contributed by atoms with Crippen molar-refractivity contribution in [3.63, 3.8) is 0 Å². The van der Waals surface area contributed by atoms with Gasteiger partial charge in [-0.15, -0.1) is 0 Å². The van der Waals surface area contributed by atoms with E-state index in [9.17, 15) is 9.90 Å². The fourth-order valence-corrected chi connectivity index (χ4v) is 2.17. The van der Waals surface area contributed by atoms with Gasteiger partial charge in [0.1, 0.15) is 0 Å². The smallest absolute Gasteiger partial charge is 0.336 e. The van der Waals surface area contributed by atoms with E-state index in [2.05, 4.69) is 0 Å². The molecule has 0 fully saturated rings. The van der Waals surface area contributed by atoms with Gasteiger partial charge in [-0.25, -0.2) is 4.79 Å². The Morgan fingerprint density at radius 3 is 2.24 bits per heavy atom. The zero-order valence-electron chi connectivity index (χ0n) is 14.4. The Kier molecular flexibility index (Phi) is 6.23. The van der Waals surface area contributed by atoms with Gasteiger partial charge in [0, 0.05) is 6.08 Å². The van der Waals surface area contributed by atoms with Crippen LogP contribution in [0.5, 0.6) is 23.0 Å². The second-order valence-corrected chi connectivity index (χ2v) is 5.10. The maximum Gasteiger partial charge on any atom is 0.336 e. The molecule has 5 heteroatoms. The number of hydrogen-bond acceptors (Lipinski definition) is 5. The Bertz CT molecular complexity index is 806. The van der Waals surface area contributed by atoms with Gasteiger partial charge < -0.3 is 19.3 Å². The summed E-state index contributed by atoms with van der Waals surface area (Å²) in [5, 5.41) is 9.57. The largest absolute Gasteiger partial charge is 0.504 e. The number of hydrogen-bond donors (Lipinski definition) is 1. The van der Waals surface area contributed by atoms with Gasteiger partial charge in [-0.1, -0.05) is 24.3 Å². The van der Waals surface area contributed by atoms with Crippen LogP contribution in [0.15, 0.2) is 48.6 Å². The SMILES string of the molecule is C/C=C/c1ccc(OC(=O)C=Cc2ccc(O)c(OC)c2)c(OC)c1. The summed E-state index contributed by atoms with van der Waals surface area (Å²) >= 11 is 0. The van der Waals surface area contributed by atoms with Gasteiger partial charge >= 0.3 is 5.97 Å². The quantitative estimate of drug-likeness (QED) is 0.488. The average Bonchev–Trinajstić information content (AvgIpc) is 2.62. The van der Waals surface area contributed by atoms with E-state index in [4.69, 9.17) is 14.2 Å². The molecule has 0 saturated heterocycles. The van der Waals surface area contributed by atoms with Gasteiger partial charge in [0.2, 0.25) is 0 Å². The van der Waals surface area contributed by atoms with Gasteiger partial charge in [-0.2, -0.15) is 0 Å². The number of methoxy groups -OCH3 is 2. The van der Waals surface area contributed by atoms with Crippen molar-refractivity contribution < 1.29 is 24.1 Å². The summed E-state index contributed by atoms with van der Waals surface area (Å²) in [5.41, 5.74) is 1.65. The van der Waals surface area contributed by atoms with Crippen molar-refractivity contribution >= 4 is 18.1 Å². The molecule has 0 aromatic heterocycles. The Morgan fingerprint density at radius 1 is 0.920 bits per heavy atom. The molecular weight excluding hydrogens is 320 g/mol. The first-order valence-corrected chi connectivity index (χ1v) is 7.65. The Balaban J connectivity index is 2.12.